The Morgan fingerprint density at radius 3 is 2.11 bits per heavy atom. The summed E-state index contributed by atoms with van der Waals surface area (Å²) in [5.41, 5.74) is 0. The van der Waals surface area contributed by atoms with Crippen molar-refractivity contribution in [1.82, 2.24) is 0 Å². The second kappa shape index (κ2) is 6.46. The van der Waals surface area contributed by atoms with Gasteiger partial charge in [0.2, 0.25) is 6.29 Å². The van der Waals surface area contributed by atoms with Crippen molar-refractivity contribution in [1.29, 1.82) is 0 Å². The van der Waals surface area contributed by atoms with Crippen LogP contribution >= 0.6 is 0 Å². The molecule has 0 saturated carbocycles. The lowest BCUT2D eigenvalue weighted by Crippen LogP contribution is -2.36. The largest absolute Gasteiger partial charge is 0.463 e. The standard InChI is InChI=1S/C11H15FO7/c1-5(13)16-4-8-9(12)10(17-6(2)14)11(19-8)18-7(3)15/h8-11H,4H2,1-3H3/t8-,9+,10-,11?/m1/s1. The molecule has 19 heavy (non-hydrogen) atoms. The van der Waals surface area contributed by atoms with Gasteiger partial charge in [0, 0.05) is 20.8 Å². The van der Waals surface area contributed by atoms with E-state index in [9.17, 15) is 18.8 Å². The Bertz CT molecular complexity index is 370. The van der Waals surface area contributed by atoms with Crippen molar-refractivity contribution in [2.24, 2.45) is 0 Å². The number of alkyl halides is 1. The van der Waals surface area contributed by atoms with Crippen molar-refractivity contribution in [2.75, 3.05) is 6.61 Å². The van der Waals surface area contributed by atoms with Crippen molar-refractivity contribution < 1.29 is 37.7 Å². The van der Waals surface area contributed by atoms with Gasteiger partial charge in [-0.1, -0.05) is 0 Å². The summed E-state index contributed by atoms with van der Waals surface area (Å²) in [4.78, 5) is 32.4. The molecule has 0 radical (unpaired) electrons. The van der Waals surface area contributed by atoms with Crippen LogP contribution in [0.4, 0.5) is 4.39 Å². The fourth-order valence-corrected chi connectivity index (χ4v) is 1.59. The van der Waals surface area contributed by atoms with Crippen LogP contribution < -0.4 is 0 Å². The number of hydrogen-bond donors (Lipinski definition) is 0. The van der Waals surface area contributed by atoms with Crippen LogP contribution in [0.2, 0.25) is 0 Å². The third-order valence-corrected chi connectivity index (χ3v) is 2.28. The molecule has 1 fully saturated rings. The molecule has 0 aromatic heterocycles. The van der Waals surface area contributed by atoms with Crippen LogP contribution in [0, 0.1) is 0 Å². The van der Waals surface area contributed by atoms with Crippen LogP contribution in [0.3, 0.4) is 0 Å². The third kappa shape index (κ3) is 4.47. The SMILES string of the molecule is CC(=O)OC[C@H]1OC(OC(C)=O)[C@H](OC(C)=O)[C@H]1F. The van der Waals surface area contributed by atoms with Gasteiger partial charge in [-0.25, -0.2) is 4.39 Å². The number of rotatable bonds is 4. The summed E-state index contributed by atoms with van der Waals surface area (Å²) in [6, 6.07) is 0. The van der Waals surface area contributed by atoms with Gasteiger partial charge in [0.05, 0.1) is 0 Å². The van der Waals surface area contributed by atoms with E-state index >= 15 is 0 Å². The molecule has 108 valence electrons. The van der Waals surface area contributed by atoms with Crippen molar-refractivity contribution in [3.63, 3.8) is 0 Å². The number of carbonyl (C=O) groups is 3. The minimum atomic E-state index is -1.76. The summed E-state index contributed by atoms with van der Waals surface area (Å²) in [6.45, 7) is 3.01. The molecule has 1 aliphatic rings. The van der Waals surface area contributed by atoms with E-state index in [0.29, 0.717) is 0 Å². The molecule has 0 aliphatic carbocycles. The highest BCUT2D eigenvalue weighted by atomic mass is 19.1. The molecule has 0 aromatic carbocycles. The summed E-state index contributed by atoms with van der Waals surface area (Å²) in [7, 11) is 0. The number of esters is 3. The molecule has 1 heterocycles. The van der Waals surface area contributed by atoms with Crippen LogP contribution in [0.5, 0.6) is 0 Å². The Hall–Kier alpha value is -1.70. The average Bonchev–Trinajstić information content (AvgIpc) is 2.53. The summed E-state index contributed by atoms with van der Waals surface area (Å²) >= 11 is 0. The molecule has 1 aliphatic heterocycles. The van der Waals surface area contributed by atoms with Crippen LogP contribution in [-0.4, -0.2) is 49.2 Å². The van der Waals surface area contributed by atoms with Gasteiger partial charge in [-0.15, -0.1) is 0 Å². The lowest BCUT2D eigenvalue weighted by molar-refractivity contribution is -0.196. The van der Waals surface area contributed by atoms with E-state index in [0.717, 1.165) is 20.8 Å². The van der Waals surface area contributed by atoms with E-state index in [1.54, 1.807) is 0 Å². The van der Waals surface area contributed by atoms with Crippen molar-refractivity contribution >= 4 is 17.9 Å². The fourth-order valence-electron chi connectivity index (χ4n) is 1.59. The Kier molecular flexibility index (Phi) is 5.22. The Morgan fingerprint density at radius 1 is 1.05 bits per heavy atom. The summed E-state index contributed by atoms with van der Waals surface area (Å²) < 4.78 is 33.1. The minimum Gasteiger partial charge on any atom is -0.463 e. The van der Waals surface area contributed by atoms with Gasteiger partial charge in [0.1, 0.15) is 12.7 Å². The molecule has 4 atom stereocenters. The molecule has 0 bridgehead atoms. The smallest absolute Gasteiger partial charge is 0.305 e. The second-order valence-corrected chi connectivity index (χ2v) is 3.97. The van der Waals surface area contributed by atoms with Gasteiger partial charge in [-0.05, 0) is 0 Å². The number of carbonyl (C=O) groups excluding carboxylic acids is 3. The highest BCUT2D eigenvalue weighted by Gasteiger charge is 2.49. The van der Waals surface area contributed by atoms with E-state index in [1.807, 2.05) is 0 Å². The predicted octanol–water partition coefficient (Wildman–Crippen LogP) is 0.107. The predicted molar refractivity (Wildman–Crippen MR) is 57.5 cm³/mol. The quantitative estimate of drug-likeness (QED) is 0.532. The number of ether oxygens (including phenoxy) is 4. The first-order valence-electron chi connectivity index (χ1n) is 5.58. The van der Waals surface area contributed by atoms with Crippen LogP contribution in [0.25, 0.3) is 0 Å². The second-order valence-electron chi connectivity index (χ2n) is 3.97. The maximum atomic E-state index is 14.0. The van der Waals surface area contributed by atoms with E-state index in [1.165, 1.54) is 0 Å². The maximum Gasteiger partial charge on any atom is 0.305 e. The molecule has 7 nitrogen and oxygen atoms in total. The van der Waals surface area contributed by atoms with E-state index in [-0.39, 0.29) is 6.61 Å². The van der Waals surface area contributed by atoms with Gasteiger partial charge < -0.3 is 18.9 Å². The van der Waals surface area contributed by atoms with Crippen molar-refractivity contribution in [3.8, 4) is 0 Å². The van der Waals surface area contributed by atoms with Crippen LogP contribution in [0.15, 0.2) is 0 Å². The zero-order chi connectivity index (χ0) is 14.6. The molecule has 1 saturated heterocycles. The molecular formula is C11H15FO7. The zero-order valence-electron chi connectivity index (χ0n) is 10.8. The van der Waals surface area contributed by atoms with E-state index in [2.05, 4.69) is 4.74 Å². The number of hydrogen-bond acceptors (Lipinski definition) is 7. The first kappa shape index (κ1) is 15.4. The summed E-state index contributed by atoms with van der Waals surface area (Å²) in [6.07, 6.45) is -5.64. The fraction of sp³-hybridized carbons (Fsp3) is 0.727. The van der Waals surface area contributed by atoms with Gasteiger partial charge in [-0.3, -0.25) is 14.4 Å². The molecule has 0 amide bonds. The summed E-state index contributed by atoms with van der Waals surface area (Å²) in [5, 5.41) is 0. The first-order chi connectivity index (χ1) is 8.81. The van der Waals surface area contributed by atoms with E-state index in [4.69, 9.17) is 14.2 Å². The summed E-state index contributed by atoms with van der Waals surface area (Å²) in [5.74, 6) is -2.04. The molecular weight excluding hydrogens is 263 g/mol. The Balaban J connectivity index is 2.70. The van der Waals surface area contributed by atoms with Crippen molar-refractivity contribution in [2.45, 2.75) is 45.4 Å². The monoisotopic (exact) mass is 278 g/mol. The minimum absolute atomic E-state index is 0.355. The molecule has 0 spiro atoms. The highest BCUT2D eigenvalue weighted by Crippen LogP contribution is 2.28. The third-order valence-electron chi connectivity index (χ3n) is 2.28. The van der Waals surface area contributed by atoms with Crippen LogP contribution in [0.1, 0.15) is 20.8 Å². The van der Waals surface area contributed by atoms with E-state index < -0.39 is 42.6 Å². The first-order valence-corrected chi connectivity index (χ1v) is 5.58. The topological polar surface area (TPSA) is 88.1 Å². The molecule has 0 aromatic rings. The van der Waals surface area contributed by atoms with Crippen molar-refractivity contribution in [3.05, 3.63) is 0 Å². The lowest BCUT2D eigenvalue weighted by Gasteiger charge is -2.18. The molecule has 1 unspecified atom stereocenters. The molecule has 8 heteroatoms. The zero-order valence-corrected chi connectivity index (χ0v) is 10.8. The number of halogens is 1. The maximum absolute atomic E-state index is 14.0. The average molecular weight is 278 g/mol. The Labute approximate surface area is 108 Å². The van der Waals surface area contributed by atoms with Gasteiger partial charge in [0.25, 0.3) is 0 Å². The van der Waals surface area contributed by atoms with Gasteiger partial charge in [-0.2, -0.15) is 0 Å². The molecule has 1 rings (SSSR count). The normalized spacial score (nSPS) is 29.7. The highest BCUT2D eigenvalue weighted by molar-refractivity contribution is 5.67. The Morgan fingerprint density at radius 2 is 1.63 bits per heavy atom. The van der Waals surface area contributed by atoms with Gasteiger partial charge >= 0.3 is 17.9 Å². The molecule has 0 N–H and O–H groups in total. The van der Waals surface area contributed by atoms with Crippen LogP contribution in [-0.2, 0) is 33.3 Å². The lowest BCUT2D eigenvalue weighted by atomic mass is 10.2. The van der Waals surface area contributed by atoms with Gasteiger partial charge in [0.15, 0.2) is 12.3 Å².